The van der Waals surface area contributed by atoms with Crippen LogP contribution < -0.4 is 5.32 Å². The average Bonchev–Trinajstić information content (AvgIpc) is 2.87. The third-order valence-electron chi connectivity index (χ3n) is 5.78. The van der Waals surface area contributed by atoms with E-state index in [1.807, 2.05) is 6.08 Å². The molecule has 0 bridgehead atoms. The molecule has 0 aromatic carbocycles. The van der Waals surface area contributed by atoms with Gasteiger partial charge in [-0.25, -0.2) is 0 Å². The molecule has 2 N–H and O–H groups in total. The van der Waals surface area contributed by atoms with E-state index in [0.29, 0.717) is 25.7 Å². The zero-order chi connectivity index (χ0) is 27.4. The van der Waals surface area contributed by atoms with Crippen LogP contribution in [0.3, 0.4) is 0 Å². The Kier molecular flexibility index (Phi) is 24.6. The van der Waals surface area contributed by atoms with E-state index >= 15 is 0 Å². The second-order valence-electron chi connectivity index (χ2n) is 9.27. The fourth-order valence-electron chi connectivity index (χ4n) is 3.70. The number of carbonyl (C=O) groups excluding carboxylic acids is 2. The minimum atomic E-state index is -1.04. The van der Waals surface area contributed by atoms with Gasteiger partial charge in [0.05, 0.1) is 0 Å². The Balaban J connectivity index is 4.16. The molecule has 0 spiro atoms. The van der Waals surface area contributed by atoms with Crippen LogP contribution in [0.1, 0.15) is 117 Å². The normalized spacial score (nSPS) is 12.7. The van der Waals surface area contributed by atoms with Gasteiger partial charge in [0, 0.05) is 12.8 Å². The Morgan fingerprint density at radius 1 is 0.730 bits per heavy atom. The number of carbonyl (C=O) groups is 3. The number of ether oxygens (including phenoxy) is 1. The maximum atomic E-state index is 12.4. The van der Waals surface area contributed by atoms with Crippen molar-refractivity contribution in [2.45, 2.75) is 123 Å². The first-order valence-corrected chi connectivity index (χ1v) is 14.3. The molecule has 1 amide bonds. The predicted octanol–water partition coefficient (Wildman–Crippen LogP) is 7.61. The van der Waals surface area contributed by atoms with Gasteiger partial charge in [-0.1, -0.05) is 88.1 Å². The molecule has 0 rings (SSSR count). The highest BCUT2D eigenvalue weighted by atomic mass is 16.5. The Morgan fingerprint density at radius 2 is 1.30 bits per heavy atom. The van der Waals surface area contributed by atoms with Gasteiger partial charge in [0.1, 0.15) is 12.6 Å². The molecule has 0 aromatic heterocycles. The zero-order valence-electron chi connectivity index (χ0n) is 23.3. The van der Waals surface area contributed by atoms with Crippen LogP contribution in [0.15, 0.2) is 48.6 Å². The number of nitrogens with one attached hydrogen (secondary N) is 1. The Bertz CT molecular complexity index is 708. The van der Waals surface area contributed by atoms with Crippen LogP contribution in [0.2, 0.25) is 0 Å². The number of amides is 1. The van der Waals surface area contributed by atoms with Gasteiger partial charge in [-0.2, -0.15) is 0 Å². The zero-order valence-corrected chi connectivity index (χ0v) is 23.3. The lowest BCUT2D eigenvalue weighted by Crippen LogP contribution is -2.28. The Labute approximate surface area is 225 Å². The summed E-state index contributed by atoms with van der Waals surface area (Å²) in [6.07, 6.45) is 31.1. The van der Waals surface area contributed by atoms with Crippen LogP contribution in [0.25, 0.3) is 0 Å². The number of rotatable bonds is 24. The minimum absolute atomic E-state index is 0.0670. The summed E-state index contributed by atoms with van der Waals surface area (Å²) >= 11 is 0. The van der Waals surface area contributed by atoms with Crippen LogP contribution in [0.4, 0.5) is 0 Å². The number of carboxylic acid groups (broad SMARTS) is 1. The molecular formula is C31H51NO5. The van der Waals surface area contributed by atoms with Crippen molar-refractivity contribution in [3.05, 3.63) is 48.6 Å². The van der Waals surface area contributed by atoms with Crippen molar-refractivity contribution in [2.24, 2.45) is 0 Å². The molecule has 6 heteroatoms. The molecule has 1 atom stereocenters. The highest BCUT2D eigenvalue weighted by Gasteiger charge is 2.14. The SMILES string of the molecule is CC/C=C\C/C=C\C/C=C\C/C=C\CCC(=O)OC(CCCCCC)CCCCCC(=O)NCC(=O)O. The molecule has 1 unspecified atom stereocenters. The Hall–Kier alpha value is -2.63. The first-order valence-electron chi connectivity index (χ1n) is 14.3. The molecule has 0 saturated heterocycles. The topological polar surface area (TPSA) is 92.7 Å². The highest BCUT2D eigenvalue weighted by Crippen LogP contribution is 2.16. The lowest BCUT2D eigenvalue weighted by molar-refractivity contribution is -0.149. The van der Waals surface area contributed by atoms with Crippen LogP contribution in [-0.4, -0.2) is 35.6 Å². The lowest BCUT2D eigenvalue weighted by atomic mass is 10.0. The number of aliphatic carboxylic acids is 1. The van der Waals surface area contributed by atoms with Gasteiger partial charge in [0.25, 0.3) is 0 Å². The smallest absolute Gasteiger partial charge is 0.322 e. The van der Waals surface area contributed by atoms with Gasteiger partial charge in [0.2, 0.25) is 5.91 Å². The van der Waals surface area contributed by atoms with Crippen molar-refractivity contribution >= 4 is 17.8 Å². The van der Waals surface area contributed by atoms with Gasteiger partial charge in [-0.15, -0.1) is 0 Å². The predicted molar refractivity (Wildman–Crippen MR) is 152 cm³/mol. The van der Waals surface area contributed by atoms with E-state index in [0.717, 1.165) is 64.2 Å². The Morgan fingerprint density at radius 3 is 1.86 bits per heavy atom. The van der Waals surface area contributed by atoms with E-state index in [-0.39, 0.29) is 24.5 Å². The summed E-state index contributed by atoms with van der Waals surface area (Å²) in [7, 11) is 0. The lowest BCUT2D eigenvalue weighted by Gasteiger charge is -2.18. The van der Waals surface area contributed by atoms with Crippen molar-refractivity contribution < 1.29 is 24.2 Å². The second-order valence-corrected chi connectivity index (χ2v) is 9.27. The van der Waals surface area contributed by atoms with E-state index < -0.39 is 5.97 Å². The molecule has 210 valence electrons. The molecular weight excluding hydrogens is 466 g/mol. The molecule has 6 nitrogen and oxygen atoms in total. The highest BCUT2D eigenvalue weighted by molar-refractivity contribution is 5.80. The first-order chi connectivity index (χ1) is 18.0. The van der Waals surface area contributed by atoms with Crippen LogP contribution in [0.5, 0.6) is 0 Å². The number of hydrogen-bond donors (Lipinski definition) is 2. The first kappa shape index (κ1) is 34.4. The van der Waals surface area contributed by atoms with Gasteiger partial charge in [0.15, 0.2) is 0 Å². The number of esters is 1. The van der Waals surface area contributed by atoms with Gasteiger partial charge in [-0.3, -0.25) is 14.4 Å². The summed E-state index contributed by atoms with van der Waals surface area (Å²) < 4.78 is 5.79. The quantitative estimate of drug-likeness (QED) is 0.0781. The number of allylic oxidation sites excluding steroid dienone is 8. The van der Waals surface area contributed by atoms with E-state index in [9.17, 15) is 14.4 Å². The minimum Gasteiger partial charge on any atom is -0.480 e. The van der Waals surface area contributed by atoms with Crippen LogP contribution in [0, 0.1) is 0 Å². The number of carboxylic acids is 1. The monoisotopic (exact) mass is 517 g/mol. The molecule has 37 heavy (non-hydrogen) atoms. The third-order valence-corrected chi connectivity index (χ3v) is 5.78. The van der Waals surface area contributed by atoms with Crippen LogP contribution in [-0.2, 0) is 19.1 Å². The van der Waals surface area contributed by atoms with Crippen molar-refractivity contribution in [1.29, 1.82) is 0 Å². The fourth-order valence-corrected chi connectivity index (χ4v) is 3.70. The van der Waals surface area contributed by atoms with E-state index in [1.54, 1.807) is 0 Å². The third kappa shape index (κ3) is 26.2. The van der Waals surface area contributed by atoms with Crippen molar-refractivity contribution in [2.75, 3.05) is 6.54 Å². The largest absolute Gasteiger partial charge is 0.480 e. The standard InChI is InChI=1S/C31H51NO5/c1-3-5-7-9-10-11-12-13-14-15-16-17-22-26-31(36)37-28(23-19-8-6-4-2)24-20-18-21-25-29(33)32-27-30(34)35/h5,7,10-11,13-14,16-17,28H,3-4,6,8-9,12,15,18-27H2,1-2H3,(H,32,33)(H,34,35)/b7-5-,11-10-,14-13-,17-16-. The molecule has 0 aliphatic carbocycles. The van der Waals surface area contributed by atoms with Gasteiger partial charge in [-0.05, 0) is 64.2 Å². The molecule has 0 saturated carbocycles. The molecule has 0 aliphatic rings. The summed E-state index contributed by atoms with van der Waals surface area (Å²) in [4.78, 5) is 34.5. The summed E-state index contributed by atoms with van der Waals surface area (Å²) in [5, 5.41) is 11.0. The fraction of sp³-hybridized carbons (Fsp3) is 0.645. The molecule has 0 aromatic rings. The summed E-state index contributed by atoms with van der Waals surface area (Å²) in [5.41, 5.74) is 0. The number of unbranched alkanes of at least 4 members (excludes halogenated alkanes) is 5. The molecule has 0 fully saturated rings. The molecule has 0 radical (unpaired) electrons. The van der Waals surface area contributed by atoms with Crippen molar-refractivity contribution in [3.8, 4) is 0 Å². The second kappa shape index (κ2) is 26.4. The summed E-state index contributed by atoms with van der Waals surface area (Å²) in [6, 6.07) is 0. The molecule has 0 aliphatic heterocycles. The number of hydrogen-bond acceptors (Lipinski definition) is 4. The maximum Gasteiger partial charge on any atom is 0.322 e. The van der Waals surface area contributed by atoms with Gasteiger partial charge >= 0.3 is 11.9 Å². The van der Waals surface area contributed by atoms with Crippen LogP contribution >= 0.6 is 0 Å². The molecule has 0 heterocycles. The average molecular weight is 518 g/mol. The van der Waals surface area contributed by atoms with E-state index in [2.05, 4.69) is 61.7 Å². The van der Waals surface area contributed by atoms with E-state index in [1.165, 1.54) is 12.8 Å². The van der Waals surface area contributed by atoms with Crippen molar-refractivity contribution in [3.63, 3.8) is 0 Å². The van der Waals surface area contributed by atoms with E-state index in [4.69, 9.17) is 9.84 Å². The summed E-state index contributed by atoms with van der Waals surface area (Å²) in [6.45, 7) is 3.98. The maximum absolute atomic E-state index is 12.4. The van der Waals surface area contributed by atoms with Crippen molar-refractivity contribution in [1.82, 2.24) is 5.32 Å². The summed E-state index contributed by atoms with van der Waals surface area (Å²) in [5.74, 6) is -1.42. The van der Waals surface area contributed by atoms with Gasteiger partial charge < -0.3 is 15.2 Å².